The number of nitrogens with one attached hydrogen (secondary N) is 1. The van der Waals surface area contributed by atoms with Crippen LogP contribution in [0.1, 0.15) is 33.6 Å². The number of hydrogen-bond acceptors (Lipinski definition) is 5. The zero-order valence-electron chi connectivity index (χ0n) is 12.9. The van der Waals surface area contributed by atoms with Crippen LogP contribution in [0, 0.1) is 0 Å². The summed E-state index contributed by atoms with van der Waals surface area (Å²) in [6.45, 7) is 7.16. The van der Waals surface area contributed by atoms with Crippen LogP contribution in [0.3, 0.4) is 0 Å². The van der Waals surface area contributed by atoms with Gasteiger partial charge in [0, 0.05) is 25.3 Å². The van der Waals surface area contributed by atoms with Gasteiger partial charge in [0.25, 0.3) is 0 Å². The van der Waals surface area contributed by atoms with Crippen LogP contribution in [0.4, 0.5) is 16.3 Å². The number of pyridine rings is 1. The molecule has 6 nitrogen and oxygen atoms in total. The van der Waals surface area contributed by atoms with E-state index in [1.54, 1.807) is 6.20 Å². The number of amides is 1. The third-order valence-electron chi connectivity index (χ3n) is 3.26. The molecular weight excluding hydrogens is 268 g/mol. The number of alkyl carbamates (subject to hydrolysis) is 1. The largest absolute Gasteiger partial charge is 0.444 e. The summed E-state index contributed by atoms with van der Waals surface area (Å²) in [5, 5.41) is 2.92. The van der Waals surface area contributed by atoms with Crippen molar-refractivity contribution >= 4 is 17.6 Å². The van der Waals surface area contributed by atoms with Gasteiger partial charge in [-0.25, -0.2) is 9.78 Å². The Labute approximate surface area is 125 Å². The zero-order chi connectivity index (χ0) is 15.5. The fraction of sp³-hybridized carbons (Fsp3) is 0.600. The molecule has 0 bridgehead atoms. The highest BCUT2D eigenvalue weighted by Gasteiger charge is 2.25. The summed E-state index contributed by atoms with van der Waals surface area (Å²) in [5.41, 5.74) is 6.15. The van der Waals surface area contributed by atoms with Gasteiger partial charge in [0.2, 0.25) is 0 Å². The SMILES string of the molecule is CC(C)(C)OC(=O)N[C@H]1CCCN(c2ncccc2N)C1. The van der Waals surface area contributed by atoms with Crippen molar-refractivity contribution in [2.75, 3.05) is 23.7 Å². The van der Waals surface area contributed by atoms with E-state index in [1.165, 1.54) is 0 Å². The van der Waals surface area contributed by atoms with Crippen molar-refractivity contribution in [2.45, 2.75) is 45.3 Å². The molecule has 6 heteroatoms. The fourth-order valence-electron chi connectivity index (χ4n) is 2.44. The molecule has 1 atom stereocenters. The van der Waals surface area contributed by atoms with Gasteiger partial charge in [-0.2, -0.15) is 0 Å². The molecule has 0 saturated carbocycles. The standard InChI is InChI=1S/C15H24N4O2/c1-15(2,3)21-14(20)18-11-6-5-9-19(10-11)13-12(16)7-4-8-17-13/h4,7-8,11H,5-6,9-10,16H2,1-3H3,(H,18,20)/t11-/m0/s1. The van der Waals surface area contributed by atoms with E-state index in [1.807, 2.05) is 32.9 Å². The normalized spacial score (nSPS) is 19.2. The van der Waals surface area contributed by atoms with Crippen molar-refractivity contribution < 1.29 is 9.53 Å². The van der Waals surface area contributed by atoms with Gasteiger partial charge < -0.3 is 20.7 Å². The molecule has 0 spiro atoms. The van der Waals surface area contributed by atoms with E-state index in [4.69, 9.17) is 10.5 Å². The molecule has 1 aromatic heterocycles. The first-order valence-corrected chi connectivity index (χ1v) is 7.30. The summed E-state index contributed by atoms with van der Waals surface area (Å²) < 4.78 is 5.30. The molecule has 1 aromatic rings. The van der Waals surface area contributed by atoms with Crippen molar-refractivity contribution in [3.05, 3.63) is 18.3 Å². The average molecular weight is 292 g/mol. The van der Waals surface area contributed by atoms with Crippen LogP contribution in [0.25, 0.3) is 0 Å². The minimum Gasteiger partial charge on any atom is -0.444 e. The third-order valence-corrected chi connectivity index (χ3v) is 3.26. The molecule has 2 heterocycles. The molecule has 1 aliphatic heterocycles. The number of carbonyl (C=O) groups is 1. The van der Waals surface area contributed by atoms with Crippen molar-refractivity contribution in [1.82, 2.24) is 10.3 Å². The number of rotatable bonds is 2. The predicted molar refractivity (Wildman–Crippen MR) is 83.3 cm³/mol. The van der Waals surface area contributed by atoms with Crippen LogP contribution >= 0.6 is 0 Å². The fourth-order valence-corrected chi connectivity index (χ4v) is 2.44. The molecule has 0 radical (unpaired) electrons. The summed E-state index contributed by atoms with van der Waals surface area (Å²) in [4.78, 5) is 18.3. The van der Waals surface area contributed by atoms with E-state index < -0.39 is 5.60 Å². The minimum absolute atomic E-state index is 0.0509. The second kappa shape index (κ2) is 6.20. The van der Waals surface area contributed by atoms with Gasteiger partial charge in [0.05, 0.1) is 5.69 Å². The summed E-state index contributed by atoms with van der Waals surface area (Å²) in [6.07, 6.45) is 3.28. The van der Waals surface area contributed by atoms with E-state index in [9.17, 15) is 4.79 Å². The Hall–Kier alpha value is -1.98. The number of anilines is 2. The van der Waals surface area contributed by atoms with Crippen molar-refractivity contribution in [3.63, 3.8) is 0 Å². The van der Waals surface area contributed by atoms with Crippen LogP contribution in [-0.2, 0) is 4.74 Å². The minimum atomic E-state index is -0.482. The number of ether oxygens (including phenoxy) is 1. The smallest absolute Gasteiger partial charge is 0.407 e. The highest BCUT2D eigenvalue weighted by molar-refractivity contribution is 5.68. The molecule has 0 aromatic carbocycles. The first-order valence-electron chi connectivity index (χ1n) is 7.30. The van der Waals surface area contributed by atoms with E-state index in [2.05, 4.69) is 15.2 Å². The molecule has 2 rings (SSSR count). The van der Waals surface area contributed by atoms with Crippen molar-refractivity contribution in [2.24, 2.45) is 0 Å². The van der Waals surface area contributed by atoms with Gasteiger partial charge in [0.1, 0.15) is 5.60 Å². The molecule has 1 aliphatic rings. The van der Waals surface area contributed by atoms with Crippen LogP contribution < -0.4 is 16.0 Å². The number of piperidine rings is 1. The maximum atomic E-state index is 11.8. The molecule has 21 heavy (non-hydrogen) atoms. The highest BCUT2D eigenvalue weighted by atomic mass is 16.6. The lowest BCUT2D eigenvalue weighted by Crippen LogP contribution is -2.49. The number of carbonyl (C=O) groups excluding carboxylic acids is 1. The van der Waals surface area contributed by atoms with Crippen molar-refractivity contribution in [3.8, 4) is 0 Å². The Morgan fingerprint density at radius 3 is 2.95 bits per heavy atom. The van der Waals surface area contributed by atoms with Gasteiger partial charge in [-0.05, 0) is 45.7 Å². The number of nitrogen functional groups attached to an aromatic ring is 1. The number of hydrogen-bond donors (Lipinski definition) is 2. The van der Waals surface area contributed by atoms with Crippen molar-refractivity contribution in [1.29, 1.82) is 0 Å². The first-order chi connectivity index (χ1) is 9.85. The third kappa shape index (κ3) is 4.51. The zero-order valence-corrected chi connectivity index (χ0v) is 12.9. The lowest BCUT2D eigenvalue weighted by Gasteiger charge is -2.34. The molecule has 1 saturated heterocycles. The van der Waals surface area contributed by atoms with Crippen LogP contribution in [0.5, 0.6) is 0 Å². The van der Waals surface area contributed by atoms with E-state index in [-0.39, 0.29) is 12.1 Å². The van der Waals surface area contributed by atoms with Gasteiger partial charge in [0.15, 0.2) is 5.82 Å². The van der Waals surface area contributed by atoms with Crippen LogP contribution in [-0.4, -0.2) is 35.8 Å². The Morgan fingerprint density at radius 1 is 1.52 bits per heavy atom. The predicted octanol–water partition coefficient (Wildman–Crippen LogP) is 2.16. The Balaban J connectivity index is 1.95. The molecule has 3 N–H and O–H groups in total. The lowest BCUT2D eigenvalue weighted by atomic mass is 10.1. The average Bonchev–Trinajstić information content (AvgIpc) is 2.37. The Kier molecular flexibility index (Phi) is 4.55. The number of aromatic nitrogens is 1. The molecular formula is C15H24N4O2. The van der Waals surface area contributed by atoms with Gasteiger partial charge >= 0.3 is 6.09 Å². The van der Waals surface area contributed by atoms with Gasteiger partial charge in [-0.1, -0.05) is 0 Å². The van der Waals surface area contributed by atoms with E-state index in [0.29, 0.717) is 12.2 Å². The highest BCUT2D eigenvalue weighted by Crippen LogP contribution is 2.23. The second-order valence-corrected chi connectivity index (χ2v) is 6.35. The van der Waals surface area contributed by atoms with Gasteiger partial charge in [-0.3, -0.25) is 0 Å². The quantitative estimate of drug-likeness (QED) is 0.873. The Morgan fingerprint density at radius 2 is 2.29 bits per heavy atom. The second-order valence-electron chi connectivity index (χ2n) is 6.35. The lowest BCUT2D eigenvalue weighted by molar-refractivity contribution is 0.0500. The molecule has 1 fully saturated rings. The van der Waals surface area contributed by atoms with E-state index >= 15 is 0 Å². The number of nitrogens with two attached hydrogens (primary N) is 1. The number of nitrogens with zero attached hydrogens (tertiary/aromatic N) is 2. The van der Waals surface area contributed by atoms with Gasteiger partial charge in [-0.15, -0.1) is 0 Å². The van der Waals surface area contributed by atoms with Crippen LogP contribution in [0.15, 0.2) is 18.3 Å². The summed E-state index contributed by atoms with van der Waals surface area (Å²) in [7, 11) is 0. The summed E-state index contributed by atoms with van der Waals surface area (Å²) in [5.74, 6) is 0.785. The van der Waals surface area contributed by atoms with E-state index in [0.717, 1.165) is 25.2 Å². The molecule has 1 amide bonds. The maximum absolute atomic E-state index is 11.8. The first kappa shape index (κ1) is 15.4. The Bertz CT molecular complexity index is 499. The van der Waals surface area contributed by atoms with Crippen LogP contribution in [0.2, 0.25) is 0 Å². The summed E-state index contributed by atoms with van der Waals surface area (Å²) in [6, 6.07) is 3.71. The monoisotopic (exact) mass is 292 g/mol. The topological polar surface area (TPSA) is 80.5 Å². The molecule has 0 aliphatic carbocycles. The summed E-state index contributed by atoms with van der Waals surface area (Å²) >= 11 is 0. The molecule has 0 unspecified atom stereocenters. The molecule has 116 valence electrons. The maximum Gasteiger partial charge on any atom is 0.407 e.